The fourth-order valence-corrected chi connectivity index (χ4v) is 2.83. The van der Waals surface area contributed by atoms with Gasteiger partial charge in [-0.1, -0.05) is 15.9 Å². The molecule has 3 nitrogen and oxygen atoms in total. The van der Waals surface area contributed by atoms with Gasteiger partial charge in [-0.05, 0) is 43.7 Å². The van der Waals surface area contributed by atoms with Crippen LogP contribution in [0, 0.1) is 0 Å². The molecule has 0 aliphatic carbocycles. The summed E-state index contributed by atoms with van der Waals surface area (Å²) in [5.41, 5.74) is 5.32. The largest absolute Gasteiger partial charge is 0.330 e. The first-order valence-corrected chi connectivity index (χ1v) is 7.19. The zero-order valence-corrected chi connectivity index (χ0v) is 10.7. The van der Waals surface area contributed by atoms with Crippen molar-refractivity contribution in [3.05, 3.63) is 28.7 Å². The summed E-state index contributed by atoms with van der Waals surface area (Å²) in [6.45, 7) is 0.538. The highest BCUT2D eigenvalue weighted by molar-refractivity contribution is 9.10. The summed E-state index contributed by atoms with van der Waals surface area (Å²) in [4.78, 5) is 0.378. The van der Waals surface area contributed by atoms with Gasteiger partial charge in [0.2, 0.25) is 0 Å². The summed E-state index contributed by atoms with van der Waals surface area (Å²) in [7, 11) is -3.13. The molecule has 1 rings (SSSR count). The second-order valence-corrected chi connectivity index (χ2v) is 6.29. The first kappa shape index (κ1) is 12.7. The van der Waals surface area contributed by atoms with Crippen molar-refractivity contribution in [3.63, 3.8) is 0 Å². The van der Waals surface area contributed by atoms with E-state index in [0.29, 0.717) is 17.9 Å². The van der Waals surface area contributed by atoms with Crippen molar-refractivity contribution >= 4 is 25.8 Å². The topological polar surface area (TPSA) is 60.2 Å². The van der Waals surface area contributed by atoms with Crippen LogP contribution < -0.4 is 5.73 Å². The Kier molecular flexibility index (Phi) is 4.76. The number of hydrogen-bond donors (Lipinski definition) is 1. The van der Waals surface area contributed by atoms with E-state index in [0.717, 1.165) is 10.9 Å². The molecule has 0 fully saturated rings. The average molecular weight is 292 g/mol. The number of nitrogens with two attached hydrogens (primary N) is 1. The Balaban J connectivity index is 2.73. The van der Waals surface area contributed by atoms with E-state index < -0.39 is 9.84 Å². The van der Waals surface area contributed by atoms with Crippen LogP contribution in [0.3, 0.4) is 0 Å². The Morgan fingerprint density at radius 2 is 1.73 bits per heavy atom. The van der Waals surface area contributed by atoms with Crippen LogP contribution in [0.5, 0.6) is 0 Å². The molecule has 5 heteroatoms. The van der Waals surface area contributed by atoms with Crippen LogP contribution in [0.25, 0.3) is 0 Å². The summed E-state index contributed by atoms with van der Waals surface area (Å²) in [6, 6.07) is 6.69. The van der Waals surface area contributed by atoms with Gasteiger partial charge in [-0.2, -0.15) is 0 Å². The summed E-state index contributed by atoms with van der Waals surface area (Å²) < 4.78 is 24.4. The smallest absolute Gasteiger partial charge is 0.178 e. The molecule has 1 aromatic carbocycles. The van der Waals surface area contributed by atoms with Gasteiger partial charge in [-0.25, -0.2) is 8.42 Å². The lowest BCUT2D eigenvalue weighted by Gasteiger charge is -2.03. The van der Waals surface area contributed by atoms with Crippen molar-refractivity contribution in [2.24, 2.45) is 5.73 Å². The lowest BCUT2D eigenvalue weighted by molar-refractivity contribution is 0.592. The van der Waals surface area contributed by atoms with Crippen LogP contribution in [0.4, 0.5) is 0 Å². The maximum absolute atomic E-state index is 11.8. The minimum absolute atomic E-state index is 0.172. The van der Waals surface area contributed by atoms with E-state index in [1.807, 2.05) is 0 Å². The molecular weight excluding hydrogens is 278 g/mol. The first-order valence-electron chi connectivity index (χ1n) is 4.74. The molecule has 0 amide bonds. The lowest BCUT2D eigenvalue weighted by Crippen LogP contribution is -2.08. The van der Waals surface area contributed by atoms with E-state index in [2.05, 4.69) is 15.9 Å². The normalized spacial score (nSPS) is 11.6. The molecule has 0 unspecified atom stereocenters. The predicted octanol–water partition coefficient (Wildman–Crippen LogP) is 1.96. The molecular formula is C10H14BrNO2S. The molecule has 2 N–H and O–H groups in total. The number of hydrogen-bond acceptors (Lipinski definition) is 3. The predicted molar refractivity (Wildman–Crippen MR) is 64.5 cm³/mol. The van der Waals surface area contributed by atoms with E-state index in [1.165, 1.54) is 0 Å². The van der Waals surface area contributed by atoms with Gasteiger partial charge in [0.1, 0.15) is 0 Å². The van der Waals surface area contributed by atoms with Crippen LogP contribution in [0.15, 0.2) is 33.6 Å². The number of benzene rings is 1. The third-order valence-electron chi connectivity index (χ3n) is 2.04. The average Bonchev–Trinajstić information content (AvgIpc) is 2.18. The van der Waals surface area contributed by atoms with Gasteiger partial charge in [0.05, 0.1) is 10.6 Å². The third kappa shape index (κ3) is 3.93. The molecule has 0 aliphatic rings. The number of unbranched alkanes of at least 4 members (excludes halogenated alkanes) is 1. The summed E-state index contributed by atoms with van der Waals surface area (Å²) in [6.07, 6.45) is 1.37. The van der Waals surface area contributed by atoms with E-state index in [-0.39, 0.29) is 5.75 Å². The van der Waals surface area contributed by atoms with Gasteiger partial charge in [0, 0.05) is 4.47 Å². The summed E-state index contributed by atoms with van der Waals surface area (Å²) in [5.74, 6) is 0.172. The Bertz CT molecular complexity index is 400. The van der Waals surface area contributed by atoms with Crippen molar-refractivity contribution in [2.45, 2.75) is 17.7 Å². The Hall–Kier alpha value is -0.390. The molecule has 0 saturated carbocycles. The number of rotatable bonds is 5. The monoisotopic (exact) mass is 291 g/mol. The van der Waals surface area contributed by atoms with Crippen molar-refractivity contribution in [1.82, 2.24) is 0 Å². The molecule has 0 saturated heterocycles. The minimum Gasteiger partial charge on any atom is -0.330 e. The van der Waals surface area contributed by atoms with Crippen LogP contribution >= 0.6 is 15.9 Å². The van der Waals surface area contributed by atoms with Crippen LogP contribution in [-0.2, 0) is 9.84 Å². The van der Waals surface area contributed by atoms with Gasteiger partial charge in [-0.15, -0.1) is 0 Å². The highest BCUT2D eigenvalue weighted by Gasteiger charge is 2.12. The minimum atomic E-state index is -3.13. The zero-order valence-electron chi connectivity index (χ0n) is 8.32. The van der Waals surface area contributed by atoms with Crippen LogP contribution in [-0.4, -0.2) is 20.7 Å². The highest BCUT2D eigenvalue weighted by Crippen LogP contribution is 2.16. The van der Waals surface area contributed by atoms with Crippen molar-refractivity contribution < 1.29 is 8.42 Å². The van der Waals surface area contributed by atoms with Gasteiger partial charge >= 0.3 is 0 Å². The van der Waals surface area contributed by atoms with E-state index >= 15 is 0 Å². The molecule has 0 bridgehead atoms. The second-order valence-electron chi connectivity index (χ2n) is 3.27. The summed E-state index contributed by atoms with van der Waals surface area (Å²) >= 11 is 3.26. The van der Waals surface area contributed by atoms with Crippen LogP contribution in [0.1, 0.15) is 12.8 Å². The van der Waals surface area contributed by atoms with Gasteiger partial charge in [-0.3, -0.25) is 0 Å². The Labute approximate surface area is 98.7 Å². The van der Waals surface area contributed by atoms with E-state index in [1.54, 1.807) is 24.3 Å². The van der Waals surface area contributed by atoms with Crippen molar-refractivity contribution in [3.8, 4) is 0 Å². The molecule has 0 heterocycles. The number of sulfone groups is 1. The highest BCUT2D eigenvalue weighted by atomic mass is 79.9. The van der Waals surface area contributed by atoms with Crippen molar-refractivity contribution in [2.75, 3.05) is 12.3 Å². The molecule has 0 spiro atoms. The first-order chi connectivity index (χ1) is 7.06. The maximum atomic E-state index is 11.8. The quantitative estimate of drug-likeness (QED) is 0.844. The molecule has 1 aromatic rings. The van der Waals surface area contributed by atoms with Gasteiger partial charge in [0.15, 0.2) is 9.84 Å². The Morgan fingerprint density at radius 1 is 1.13 bits per heavy atom. The molecule has 15 heavy (non-hydrogen) atoms. The molecule has 0 aromatic heterocycles. The zero-order chi connectivity index (χ0) is 11.3. The third-order valence-corrected chi connectivity index (χ3v) is 4.39. The second kappa shape index (κ2) is 5.63. The Morgan fingerprint density at radius 3 is 2.27 bits per heavy atom. The van der Waals surface area contributed by atoms with Gasteiger partial charge < -0.3 is 5.73 Å². The standard InChI is InChI=1S/C10H14BrNO2S/c11-9-3-5-10(6-4-9)15(13,14)8-2-1-7-12/h3-6H,1-2,7-8,12H2. The van der Waals surface area contributed by atoms with Crippen LogP contribution in [0.2, 0.25) is 0 Å². The maximum Gasteiger partial charge on any atom is 0.178 e. The van der Waals surface area contributed by atoms with E-state index in [4.69, 9.17) is 5.73 Å². The molecule has 0 radical (unpaired) electrons. The SMILES string of the molecule is NCCCCS(=O)(=O)c1ccc(Br)cc1. The van der Waals surface area contributed by atoms with Gasteiger partial charge in [0.25, 0.3) is 0 Å². The molecule has 0 aliphatic heterocycles. The van der Waals surface area contributed by atoms with Crippen molar-refractivity contribution in [1.29, 1.82) is 0 Å². The number of halogens is 1. The molecule has 0 atom stereocenters. The lowest BCUT2D eigenvalue weighted by atomic mass is 10.3. The van der Waals surface area contributed by atoms with E-state index in [9.17, 15) is 8.42 Å². The summed E-state index contributed by atoms with van der Waals surface area (Å²) in [5, 5.41) is 0. The molecule has 84 valence electrons. The fraction of sp³-hybridized carbons (Fsp3) is 0.400. The fourth-order valence-electron chi connectivity index (χ4n) is 1.20.